The topological polar surface area (TPSA) is 41.6 Å². The smallest absolute Gasteiger partial charge is 0.106 e. The third-order valence-electron chi connectivity index (χ3n) is 3.93. The normalized spacial score (nSPS) is 13.8. The molecule has 0 fully saturated rings. The molecule has 3 nitrogen and oxygen atoms in total. The number of nitriles is 1. The van der Waals surface area contributed by atoms with E-state index in [2.05, 4.69) is 22.5 Å². The maximum atomic E-state index is 8.89. The van der Waals surface area contributed by atoms with Crippen molar-refractivity contribution in [2.45, 2.75) is 39.2 Å². The molecule has 0 N–H and O–H groups in total. The van der Waals surface area contributed by atoms with Crippen molar-refractivity contribution < 1.29 is 0 Å². The molecule has 1 aromatic carbocycles. The predicted molar refractivity (Wildman–Crippen MR) is 78.9 cm³/mol. The molecule has 1 aliphatic rings. The van der Waals surface area contributed by atoms with Crippen molar-refractivity contribution in [1.29, 1.82) is 5.26 Å². The number of benzene rings is 1. The Labute approximate surface area is 123 Å². The van der Waals surface area contributed by atoms with Crippen molar-refractivity contribution in [3.63, 3.8) is 0 Å². The minimum atomic E-state index is 0.600. The molecule has 0 radical (unpaired) electrons. The largest absolute Gasteiger partial charge is 0.328 e. The number of aromatic nitrogens is 2. The lowest BCUT2D eigenvalue weighted by molar-refractivity contribution is 0.624. The van der Waals surface area contributed by atoms with Crippen molar-refractivity contribution in [3.05, 3.63) is 51.6 Å². The summed E-state index contributed by atoms with van der Waals surface area (Å²) in [6, 6.07) is 7.60. The first kappa shape index (κ1) is 13.2. The lowest BCUT2D eigenvalue weighted by atomic mass is 10.0. The Morgan fingerprint density at radius 2 is 2.15 bits per heavy atom. The number of imidazole rings is 1. The summed E-state index contributed by atoms with van der Waals surface area (Å²) in [5.74, 6) is 1.05. The van der Waals surface area contributed by atoms with Gasteiger partial charge in [0, 0.05) is 10.7 Å². The summed E-state index contributed by atoms with van der Waals surface area (Å²) >= 11 is 6.28. The molecule has 0 spiro atoms. The van der Waals surface area contributed by atoms with Gasteiger partial charge >= 0.3 is 0 Å². The van der Waals surface area contributed by atoms with Crippen LogP contribution in [0.5, 0.6) is 0 Å². The number of fused-ring (bicyclic) bond motifs is 1. The fourth-order valence-electron chi connectivity index (χ4n) is 2.86. The molecule has 0 unspecified atom stereocenters. The highest BCUT2D eigenvalue weighted by atomic mass is 35.5. The van der Waals surface area contributed by atoms with Gasteiger partial charge in [-0.05, 0) is 50.3 Å². The van der Waals surface area contributed by atoms with Gasteiger partial charge in [0.05, 0.1) is 23.9 Å². The van der Waals surface area contributed by atoms with Gasteiger partial charge in [0.1, 0.15) is 5.82 Å². The van der Waals surface area contributed by atoms with Crippen LogP contribution >= 0.6 is 11.6 Å². The minimum absolute atomic E-state index is 0.600. The van der Waals surface area contributed by atoms with Gasteiger partial charge < -0.3 is 4.57 Å². The van der Waals surface area contributed by atoms with Crippen LogP contribution in [0.4, 0.5) is 0 Å². The number of aryl methyl sites for hydroxylation is 2. The van der Waals surface area contributed by atoms with E-state index in [-0.39, 0.29) is 0 Å². The first-order chi connectivity index (χ1) is 9.69. The van der Waals surface area contributed by atoms with E-state index >= 15 is 0 Å². The predicted octanol–water partition coefficient (Wildman–Crippen LogP) is 3.64. The molecule has 3 rings (SSSR count). The van der Waals surface area contributed by atoms with Crippen LogP contribution in [0.25, 0.3) is 0 Å². The number of hydrogen-bond acceptors (Lipinski definition) is 2. The van der Waals surface area contributed by atoms with Crippen LogP contribution in [0.15, 0.2) is 18.2 Å². The third kappa shape index (κ3) is 2.32. The lowest BCUT2D eigenvalue weighted by Crippen LogP contribution is -2.10. The monoisotopic (exact) mass is 285 g/mol. The molecule has 0 amide bonds. The zero-order chi connectivity index (χ0) is 14.1. The Hall–Kier alpha value is -1.79. The Morgan fingerprint density at radius 1 is 1.35 bits per heavy atom. The number of nitrogens with zero attached hydrogens (tertiary/aromatic N) is 3. The number of halogens is 1. The Morgan fingerprint density at radius 3 is 2.90 bits per heavy atom. The average molecular weight is 286 g/mol. The standard InChI is InChI=1S/C16H16ClN3/c1-11-19-15-4-2-3-5-16(15)20(11)10-13-7-6-12(9-18)8-14(13)17/h6-8H,2-5,10H2,1H3. The molecule has 0 saturated heterocycles. The molecular formula is C16H16ClN3. The van der Waals surface area contributed by atoms with E-state index in [4.69, 9.17) is 16.9 Å². The highest BCUT2D eigenvalue weighted by molar-refractivity contribution is 6.31. The van der Waals surface area contributed by atoms with E-state index in [9.17, 15) is 0 Å². The summed E-state index contributed by atoms with van der Waals surface area (Å²) in [5.41, 5.74) is 4.25. The van der Waals surface area contributed by atoms with Crippen LogP contribution < -0.4 is 0 Å². The van der Waals surface area contributed by atoms with Crippen LogP contribution in [-0.2, 0) is 19.4 Å². The summed E-state index contributed by atoms with van der Waals surface area (Å²) in [6.45, 7) is 2.79. The molecular weight excluding hydrogens is 270 g/mol. The van der Waals surface area contributed by atoms with E-state index in [1.807, 2.05) is 12.1 Å². The molecule has 1 aromatic heterocycles. The van der Waals surface area contributed by atoms with E-state index in [1.54, 1.807) is 6.07 Å². The second kappa shape index (κ2) is 5.30. The fourth-order valence-corrected chi connectivity index (χ4v) is 3.10. The summed E-state index contributed by atoms with van der Waals surface area (Å²) in [6.07, 6.45) is 4.66. The van der Waals surface area contributed by atoms with Crippen molar-refractivity contribution >= 4 is 11.6 Å². The van der Waals surface area contributed by atoms with Crippen LogP contribution in [0.3, 0.4) is 0 Å². The Balaban J connectivity index is 1.96. The summed E-state index contributed by atoms with van der Waals surface area (Å²) in [5, 5.41) is 9.54. The molecule has 1 heterocycles. The van der Waals surface area contributed by atoms with Crippen LogP contribution in [0.2, 0.25) is 5.02 Å². The van der Waals surface area contributed by atoms with Gasteiger partial charge in [-0.15, -0.1) is 0 Å². The molecule has 0 aliphatic heterocycles. The van der Waals surface area contributed by atoms with Gasteiger partial charge in [0.15, 0.2) is 0 Å². The molecule has 4 heteroatoms. The molecule has 0 atom stereocenters. The zero-order valence-corrected chi connectivity index (χ0v) is 12.2. The van der Waals surface area contributed by atoms with Gasteiger partial charge in [-0.25, -0.2) is 4.98 Å². The summed E-state index contributed by atoms with van der Waals surface area (Å²) in [4.78, 5) is 4.68. The van der Waals surface area contributed by atoms with Crippen LogP contribution in [0, 0.1) is 18.3 Å². The van der Waals surface area contributed by atoms with Gasteiger partial charge in [0.2, 0.25) is 0 Å². The maximum Gasteiger partial charge on any atom is 0.106 e. The molecule has 0 bridgehead atoms. The lowest BCUT2D eigenvalue weighted by Gasteiger charge is -2.15. The first-order valence-electron chi connectivity index (χ1n) is 6.92. The summed E-state index contributed by atoms with van der Waals surface area (Å²) in [7, 11) is 0. The minimum Gasteiger partial charge on any atom is -0.328 e. The second-order valence-corrected chi connectivity index (χ2v) is 5.67. The zero-order valence-electron chi connectivity index (χ0n) is 11.5. The van der Waals surface area contributed by atoms with E-state index in [0.717, 1.165) is 30.8 Å². The van der Waals surface area contributed by atoms with Crippen molar-refractivity contribution in [2.24, 2.45) is 0 Å². The maximum absolute atomic E-state index is 8.89. The van der Waals surface area contributed by atoms with E-state index < -0.39 is 0 Å². The highest BCUT2D eigenvalue weighted by Crippen LogP contribution is 2.25. The average Bonchev–Trinajstić information content (AvgIpc) is 2.77. The quantitative estimate of drug-likeness (QED) is 0.845. The molecule has 20 heavy (non-hydrogen) atoms. The van der Waals surface area contributed by atoms with Crippen molar-refractivity contribution in [3.8, 4) is 6.07 Å². The number of rotatable bonds is 2. The van der Waals surface area contributed by atoms with Gasteiger partial charge in [-0.1, -0.05) is 17.7 Å². The fraction of sp³-hybridized carbons (Fsp3) is 0.375. The molecule has 1 aliphatic carbocycles. The molecule has 102 valence electrons. The van der Waals surface area contributed by atoms with Gasteiger partial charge in [-0.2, -0.15) is 5.26 Å². The Kier molecular flexibility index (Phi) is 3.50. The SMILES string of the molecule is Cc1nc2c(n1Cc1ccc(C#N)cc1Cl)CCCC2. The molecule has 0 saturated carbocycles. The van der Waals surface area contributed by atoms with Crippen LogP contribution in [-0.4, -0.2) is 9.55 Å². The van der Waals surface area contributed by atoms with Gasteiger partial charge in [-0.3, -0.25) is 0 Å². The molecule has 2 aromatic rings. The van der Waals surface area contributed by atoms with Crippen LogP contribution in [0.1, 0.15) is 41.2 Å². The van der Waals surface area contributed by atoms with Gasteiger partial charge in [0.25, 0.3) is 0 Å². The Bertz CT molecular complexity index is 694. The third-order valence-corrected chi connectivity index (χ3v) is 4.29. The highest BCUT2D eigenvalue weighted by Gasteiger charge is 2.18. The number of hydrogen-bond donors (Lipinski definition) is 0. The van der Waals surface area contributed by atoms with E-state index in [1.165, 1.54) is 24.2 Å². The summed E-state index contributed by atoms with van der Waals surface area (Å²) < 4.78 is 2.27. The van der Waals surface area contributed by atoms with Crippen molar-refractivity contribution in [2.75, 3.05) is 0 Å². The first-order valence-corrected chi connectivity index (χ1v) is 7.30. The second-order valence-electron chi connectivity index (χ2n) is 5.26. The van der Waals surface area contributed by atoms with E-state index in [0.29, 0.717) is 10.6 Å². The van der Waals surface area contributed by atoms with Crippen molar-refractivity contribution in [1.82, 2.24) is 9.55 Å².